The molecule has 96 valence electrons. The van der Waals surface area contributed by atoms with Gasteiger partial charge in [-0.1, -0.05) is 18.2 Å². The average Bonchev–Trinajstić information content (AvgIpc) is 2.82. The van der Waals surface area contributed by atoms with E-state index in [0.717, 1.165) is 12.1 Å². The van der Waals surface area contributed by atoms with Crippen LogP contribution in [-0.4, -0.2) is 41.1 Å². The second-order valence-corrected chi connectivity index (χ2v) is 5.11. The topological polar surface area (TPSA) is 52.6 Å². The second-order valence-electron chi connectivity index (χ2n) is 5.11. The lowest BCUT2D eigenvalue weighted by molar-refractivity contribution is -0.133. The van der Waals surface area contributed by atoms with Gasteiger partial charge in [0.25, 0.3) is 0 Å². The molecule has 1 saturated heterocycles. The highest BCUT2D eigenvalue weighted by Gasteiger charge is 2.31. The molecule has 1 atom stereocenters. The fourth-order valence-electron chi connectivity index (χ4n) is 2.75. The number of nitrogens with one attached hydrogen (secondary N) is 1. The maximum atomic E-state index is 12.4. The molecule has 0 spiro atoms. The van der Waals surface area contributed by atoms with Crippen molar-refractivity contribution in [3.8, 4) is 0 Å². The van der Waals surface area contributed by atoms with Crippen molar-refractivity contribution in [3.63, 3.8) is 0 Å². The number of carbonyl (C=O) groups is 1. The maximum Gasteiger partial charge on any atom is 0.245 e. The van der Waals surface area contributed by atoms with Crippen LogP contribution >= 0.6 is 0 Å². The number of benzene rings is 1. The highest BCUT2D eigenvalue weighted by molar-refractivity contribution is 5.87. The Balaban J connectivity index is 1.65. The molecule has 0 aromatic heterocycles. The standard InChI is InChI=1S/C14H18N2O2/c17-11-5-7-16(8-6-11)14(18)13-9-10-3-1-2-4-12(10)15-13/h1-4,11,13,15,17H,5-9H2/t13-/m0/s1. The van der Waals surface area contributed by atoms with E-state index >= 15 is 0 Å². The van der Waals surface area contributed by atoms with Crippen LogP contribution in [0.4, 0.5) is 5.69 Å². The zero-order valence-electron chi connectivity index (χ0n) is 10.3. The molecule has 1 fully saturated rings. The summed E-state index contributed by atoms with van der Waals surface area (Å²) >= 11 is 0. The van der Waals surface area contributed by atoms with E-state index in [4.69, 9.17) is 0 Å². The Morgan fingerprint density at radius 2 is 2.00 bits per heavy atom. The van der Waals surface area contributed by atoms with E-state index in [2.05, 4.69) is 11.4 Å². The summed E-state index contributed by atoms with van der Waals surface area (Å²) < 4.78 is 0. The first-order valence-electron chi connectivity index (χ1n) is 6.55. The van der Waals surface area contributed by atoms with E-state index < -0.39 is 0 Å². The van der Waals surface area contributed by atoms with Gasteiger partial charge in [-0.25, -0.2) is 0 Å². The van der Waals surface area contributed by atoms with Crippen LogP contribution in [0.2, 0.25) is 0 Å². The highest BCUT2D eigenvalue weighted by atomic mass is 16.3. The molecule has 2 aliphatic heterocycles. The molecule has 4 heteroatoms. The molecule has 18 heavy (non-hydrogen) atoms. The summed E-state index contributed by atoms with van der Waals surface area (Å²) in [6.45, 7) is 1.35. The Bertz CT molecular complexity index is 428. The minimum absolute atomic E-state index is 0.127. The van der Waals surface area contributed by atoms with Crippen molar-refractivity contribution in [1.82, 2.24) is 4.90 Å². The van der Waals surface area contributed by atoms with E-state index in [1.807, 2.05) is 23.1 Å². The number of nitrogens with zero attached hydrogens (tertiary/aromatic N) is 1. The third-order valence-corrected chi connectivity index (χ3v) is 3.85. The van der Waals surface area contributed by atoms with Crippen molar-refractivity contribution < 1.29 is 9.90 Å². The van der Waals surface area contributed by atoms with Crippen molar-refractivity contribution in [1.29, 1.82) is 0 Å². The highest BCUT2D eigenvalue weighted by Crippen LogP contribution is 2.26. The summed E-state index contributed by atoms with van der Waals surface area (Å²) in [4.78, 5) is 14.2. The summed E-state index contributed by atoms with van der Waals surface area (Å²) in [7, 11) is 0. The molecule has 1 aromatic carbocycles. The Kier molecular flexibility index (Phi) is 2.96. The van der Waals surface area contributed by atoms with E-state index in [0.29, 0.717) is 25.9 Å². The number of anilines is 1. The lowest BCUT2D eigenvalue weighted by atomic mass is 10.1. The summed E-state index contributed by atoms with van der Waals surface area (Å²) in [6, 6.07) is 7.94. The molecule has 2 heterocycles. The molecule has 0 saturated carbocycles. The van der Waals surface area contributed by atoms with Gasteiger partial charge in [0.05, 0.1) is 6.10 Å². The lowest BCUT2D eigenvalue weighted by Gasteiger charge is -2.31. The number of para-hydroxylation sites is 1. The molecule has 0 aliphatic carbocycles. The van der Waals surface area contributed by atoms with E-state index in [1.54, 1.807) is 0 Å². The minimum atomic E-state index is -0.234. The fraction of sp³-hybridized carbons (Fsp3) is 0.500. The lowest BCUT2D eigenvalue weighted by Crippen LogP contribution is -2.46. The van der Waals surface area contributed by atoms with Crippen LogP contribution in [0.15, 0.2) is 24.3 Å². The number of carbonyl (C=O) groups excluding carboxylic acids is 1. The molecular weight excluding hydrogens is 228 g/mol. The van der Waals surface area contributed by atoms with Gasteiger partial charge < -0.3 is 15.3 Å². The summed E-state index contributed by atoms with van der Waals surface area (Å²) in [6.07, 6.45) is 1.94. The van der Waals surface area contributed by atoms with E-state index in [1.165, 1.54) is 5.56 Å². The molecule has 0 bridgehead atoms. The Labute approximate surface area is 107 Å². The first-order chi connectivity index (χ1) is 8.74. The number of amides is 1. The van der Waals surface area contributed by atoms with Crippen LogP contribution in [0.3, 0.4) is 0 Å². The molecule has 1 aromatic rings. The first-order valence-corrected chi connectivity index (χ1v) is 6.55. The van der Waals surface area contributed by atoms with Crippen LogP contribution in [0.25, 0.3) is 0 Å². The van der Waals surface area contributed by atoms with Gasteiger partial charge in [0.15, 0.2) is 0 Å². The van der Waals surface area contributed by atoms with Crippen molar-refractivity contribution in [2.45, 2.75) is 31.4 Å². The quantitative estimate of drug-likeness (QED) is 0.777. The van der Waals surface area contributed by atoms with Crippen LogP contribution in [0.5, 0.6) is 0 Å². The zero-order chi connectivity index (χ0) is 12.5. The van der Waals surface area contributed by atoms with Gasteiger partial charge in [-0.3, -0.25) is 4.79 Å². The second kappa shape index (κ2) is 4.61. The van der Waals surface area contributed by atoms with Crippen LogP contribution in [-0.2, 0) is 11.2 Å². The van der Waals surface area contributed by atoms with Crippen molar-refractivity contribution in [2.24, 2.45) is 0 Å². The summed E-state index contributed by atoms with van der Waals surface area (Å²) in [5.41, 5.74) is 2.29. The van der Waals surface area contributed by atoms with Gasteiger partial charge in [-0.05, 0) is 24.5 Å². The predicted molar refractivity (Wildman–Crippen MR) is 69.4 cm³/mol. The van der Waals surface area contributed by atoms with Gasteiger partial charge in [0.1, 0.15) is 6.04 Å². The predicted octanol–water partition coefficient (Wildman–Crippen LogP) is 1.01. The van der Waals surface area contributed by atoms with Gasteiger partial charge in [-0.15, -0.1) is 0 Å². The number of piperidine rings is 1. The SMILES string of the molecule is O=C([C@@H]1Cc2ccccc2N1)N1CCC(O)CC1. The number of aliphatic hydroxyl groups excluding tert-OH is 1. The zero-order valence-corrected chi connectivity index (χ0v) is 10.3. The maximum absolute atomic E-state index is 12.4. The molecule has 0 radical (unpaired) electrons. The van der Waals surface area contributed by atoms with Gasteiger partial charge >= 0.3 is 0 Å². The van der Waals surface area contributed by atoms with E-state index in [-0.39, 0.29) is 18.1 Å². The number of likely N-dealkylation sites (tertiary alicyclic amines) is 1. The summed E-state index contributed by atoms with van der Waals surface area (Å²) in [5, 5.41) is 12.8. The molecular formula is C14H18N2O2. The van der Waals surface area contributed by atoms with Crippen molar-refractivity contribution in [2.75, 3.05) is 18.4 Å². The van der Waals surface area contributed by atoms with Gasteiger partial charge in [0, 0.05) is 25.2 Å². The Hall–Kier alpha value is -1.55. The number of hydrogen-bond acceptors (Lipinski definition) is 3. The smallest absolute Gasteiger partial charge is 0.245 e. The Morgan fingerprint density at radius 3 is 2.72 bits per heavy atom. The Morgan fingerprint density at radius 1 is 1.28 bits per heavy atom. The minimum Gasteiger partial charge on any atom is -0.393 e. The number of rotatable bonds is 1. The first kappa shape index (κ1) is 11.5. The number of fused-ring (bicyclic) bond motifs is 1. The number of aliphatic hydroxyl groups is 1. The average molecular weight is 246 g/mol. The van der Waals surface area contributed by atoms with Gasteiger partial charge in [0.2, 0.25) is 5.91 Å². The molecule has 3 rings (SSSR count). The molecule has 4 nitrogen and oxygen atoms in total. The van der Waals surface area contributed by atoms with Crippen LogP contribution in [0, 0.1) is 0 Å². The van der Waals surface area contributed by atoms with E-state index in [9.17, 15) is 9.90 Å². The molecule has 0 unspecified atom stereocenters. The van der Waals surface area contributed by atoms with Gasteiger partial charge in [-0.2, -0.15) is 0 Å². The third kappa shape index (κ3) is 2.08. The molecule has 1 amide bonds. The monoisotopic (exact) mass is 246 g/mol. The number of hydrogen-bond donors (Lipinski definition) is 2. The van der Waals surface area contributed by atoms with Crippen LogP contribution in [0.1, 0.15) is 18.4 Å². The van der Waals surface area contributed by atoms with Crippen molar-refractivity contribution in [3.05, 3.63) is 29.8 Å². The fourth-order valence-corrected chi connectivity index (χ4v) is 2.75. The normalized spacial score (nSPS) is 23.6. The third-order valence-electron chi connectivity index (χ3n) is 3.85. The van der Waals surface area contributed by atoms with Crippen LogP contribution < -0.4 is 5.32 Å². The largest absolute Gasteiger partial charge is 0.393 e. The molecule has 2 aliphatic rings. The summed E-state index contributed by atoms with van der Waals surface area (Å²) in [5.74, 6) is 0.165. The molecule has 2 N–H and O–H groups in total. The van der Waals surface area contributed by atoms with Crippen molar-refractivity contribution >= 4 is 11.6 Å².